The fraction of sp³-hybridized carbons (Fsp3) is 0.590. The number of thioether (sulfide) groups is 1. The number of H-pyrrole nitrogens is 1. The van der Waals surface area contributed by atoms with Crippen molar-refractivity contribution in [2.24, 2.45) is 5.92 Å². The van der Waals surface area contributed by atoms with Crippen LogP contribution in [-0.4, -0.2) is 114 Å². The molecule has 6 heterocycles. The van der Waals surface area contributed by atoms with E-state index in [1.54, 1.807) is 30.0 Å². The molecule has 0 radical (unpaired) electrons. The van der Waals surface area contributed by atoms with Gasteiger partial charge in [-0.15, -0.1) is 0 Å². The molecule has 8 rings (SSSR count). The van der Waals surface area contributed by atoms with E-state index in [9.17, 15) is 14.4 Å². The standard InChI is InChI=1S/C39H49F2N7O5S/c40-30-17-25(42-32-2-4-36(49)45-38(32)50)1-3-34(30)47-13-7-26(8-14-47)48-20-27(21-48)46-11-5-24(6-12-46)22-53-28-18-31(41)37-33(19-28)43-35(44-39(37)51)23-54-29-9-15-52-16-10-29/h1,3,17-19,24,26-27,29,32,42H,2,4-16,20-23H2,(H,43,44,51)(H,45,49,50)/t32-/m1/s1. The van der Waals surface area contributed by atoms with E-state index >= 15 is 8.78 Å². The van der Waals surface area contributed by atoms with Gasteiger partial charge in [-0.05, 0) is 82.2 Å². The van der Waals surface area contributed by atoms with Crippen LogP contribution in [0.5, 0.6) is 5.75 Å². The van der Waals surface area contributed by atoms with Crippen LogP contribution in [0, 0.1) is 17.6 Å². The van der Waals surface area contributed by atoms with Crippen molar-refractivity contribution in [2.75, 3.05) is 69.3 Å². The predicted octanol–water partition coefficient (Wildman–Crippen LogP) is 4.27. The number of aromatic amines is 1. The zero-order chi connectivity index (χ0) is 37.2. The maximum Gasteiger partial charge on any atom is 0.261 e. The number of imide groups is 1. The fourth-order valence-electron chi connectivity index (χ4n) is 8.51. The minimum Gasteiger partial charge on any atom is -0.493 e. The molecule has 5 aliphatic rings. The molecular formula is C39H49F2N7O5S. The number of aromatic nitrogens is 2. The molecule has 0 unspecified atom stereocenters. The lowest BCUT2D eigenvalue weighted by Crippen LogP contribution is -2.64. The van der Waals surface area contributed by atoms with Gasteiger partial charge in [-0.3, -0.25) is 29.5 Å². The van der Waals surface area contributed by atoms with Gasteiger partial charge in [0.2, 0.25) is 11.8 Å². The zero-order valence-electron chi connectivity index (χ0n) is 30.5. The maximum atomic E-state index is 15.2. The van der Waals surface area contributed by atoms with Crippen molar-refractivity contribution in [2.45, 2.75) is 80.5 Å². The van der Waals surface area contributed by atoms with E-state index in [-0.39, 0.29) is 29.4 Å². The summed E-state index contributed by atoms with van der Waals surface area (Å²) in [5, 5.41) is 5.82. The third kappa shape index (κ3) is 8.53. The van der Waals surface area contributed by atoms with Gasteiger partial charge >= 0.3 is 0 Å². The minimum atomic E-state index is -0.614. The number of carbonyl (C=O) groups excluding carboxylic acids is 2. The number of hydrogen-bond acceptors (Lipinski definition) is 11. The van der Waals surface area contributed by atoms with Crippen LogP contribution in [0.2, 0.25) is 0 Å². The summed E-state index contributed by atoms with van der Waals surface area (Å²) in [5.74, 6) is 0.319. The van der Waals surface area contributed by atoms with Crippen molar-refractivity contribution in [1.29, 1.82) is 0 Å². The molecule has 0 bridgehead atoms. The number of amides is 2. The van der Waals surface area contributed by atoms with Crippen LogP contribution in [0.4, 0.5) is 20.2 Å². The van der Waals surface area contributed by atoms with Gasteiger partial charge in [-0.25, -0.2) is 13.8 Å². The first-order chi connectivity index (χ1) is 26.3. The molecule has 0 saturated carbocycles. The molecule has 5 fully saturated rings. The van der Waals surface area contributed by atoms with Crippen molar-refractivity contribution < 1.29 is 27.8 Å². The molecule has 5 aliphatic heterocycles. The lowest BCUT2D eigenvalue weighted by Gasteiger charge is -2.52. The van der Waals surface area contributed by atoms with E-state index in [0.717, 1.165) is 91.0 Å². The summed E-state index contributed by atoms with van der Waals surface area (Å²) in [5.41, 5.74) is 0.983. The summed E-state index contributed by atoms with van der Waals surface area (Å²) in [6.07, 6.45) is 6.62. The Labute approximate surface area is 317 Å². The number of nitrogens with one attached hydrogen (secondary N) is 3. The Balaban J connectivity index is 0.756. The van der Waals surface area contributed by atoms with Gasteiger partial charge in [0.15, 0.2) is 0 Å². The largest absolute Gasteiger partial charge is 0.493 e. The molecule has 54 heavy (non-hydrogen) atoms. The Morgan fingerprint density at radius 2 is 1.67 bits per heavy atom. The third-order valence-corrected chi connectivity index (χ3v) is 13.2. The number of nitrogens with zero attached hydrogens (tertiary/aromatic N) is 4. The Bertz CT molecular complexity index is 1890. The van der Waals surface area contributed by atoms with E-state index < -0.39 is 17.4 Å². The van der Waals surface area contributed by atoms with Crippen molar-refractivity contribution in [3.05, 3.63) is 58.1 Å². The molecule has 290 valence electrons. The Hall–Kier alpha value is -3.79. The van der Waals surface area contributed by atoms with Gasteiger partial charge in [-0.2, -0.15) is 11.8 Å². The molecule has 1 atom stereocenters. The summed E-state index contributed by atoms with van der Waals surface area (Å²) in [4.78, 5) is 50.9. The quantitative estimate of drug-likeness (QED) is 0.242. The van der Waals surface area contributed by atoms with E-state index in [2.05, 4.69) is 35.3 Å². The fourth-order valence-corrected chi connectivity index (χ4v) is 9.57. The van der Waals surface area contributed by atoms with Gasteiger partial charge in [0.25, 0.3) is 5.56 Å². The highest BCUT2D eigenvalue weighted by Crippen LogP contribution is 2.32. The summed E-state index contributed by atoms with van der Waals surface area (Å²) in [6, 6.07) is 8.51. The first kappa shape index (κ1) is 37.1. The summed E-state index contributed by atoms with van der Waals surface area (Å²) < 4.78 is 41.8. The van der Waals surface area contributed by atoms with Crippen LogP contribution >= 0.6 is 11.8 Å². The molecule has 2 aromatic carbocycles. The van der Waals surface area contributed by atoms with Crippen LogP contribution in [0.3, 0.4) is 0 Å². The molecular weight excluding hydrogens is 717 g/mol. The van der Waals surface area contributed by atoms with Crippen LogP contribution in [0.25, 0.3) is 10.9 Å². The Kier molecular flexibility index (Phi) is 11.4. The molecule has 2 amide bonds. The molecule has 3 N–H and O–H groups in total. The number of likely N-dealkylation sites (tertiary alicyclic amines) is 2. The highest BCUT2D eigenvalue weighted by Gasteiger charge is 2.38. The van der Waals surface area contributed by atoms with Crippen LogP contribution in [-0.2, 0) is 20.1 Å². The summed E-state index contributed by atoms with van der Waals surface area (Å²) in [7, 11) is 0. The van der Waals surface area contributed by atoms with Crippen LogP contribution in [0.15, 0.2) is 35.1 Å². The summed E-state index contributed by atoms with van der Waals surface area (Å²) in [6.45, 7) is 7.72. The number of hydrogen-bond donors (Lipinski definition) is 3. The SMILES string of the molecule is O=C1CC[C@@H](Nc2ccc(N3CCC(N4CC(N5CCC(COc6cc(F)c7c(=O)[nH]c(CSC8CCOCC8)nc7c6)CC5)C4)CC3)c(F)c2)C(=O)N1. The second kappa shape index (κ2) is 16.5. The third-order valence-electron chi connectivity index (χ3n) is 11.8. The minimum absolute atomic E-state index is 0.0302. The first-order valence-electron chi connectivity index (χ1n) is 19.4. The van der Waals surface area contributed by atoms with E-state index in [1.165, 1.54) is 12.1 Å². The number of halogens is 2. The molecule has 12 nitrogen and oxygen atoms in total. The number of benzene rings is 2. The van der Waals surface area contributed by atoms with E-state index in [1.807, 2.05) is 0 Å². The highest BCUT2D eigenvalue weighted by molar-refractivity contribution is 7.99. The summed E-state index contributed by atoms with van der Waals surface area (Å²) >= 11 is 1.75. The van der Waals surface area contributed by atoms with Crippen LogP contribution < -0.4 is 25.8 Å². The maximum absolute atomic E-state index is 15.2. The van der Waals surface area contributed by atoms with Gasteiger partial charge in [0.1, 0.15) is 34.6 Å². The van der Waals surface area contributed by atoms with Gasteiger partial charge < -0.3 is 24.7 Å². The lowest BCUT2D eigenvalue weighted by molar-refractivity contribution is -0.133. The molecule has 3 aromatic rings. The van der Waals surface area contributed by atoms with Gasteiger partial charge in [0, 0.05) is 81.0 Å². The number of piperidine rings is 3. The number of fused-ring (bicyclic) bond motifs is 1. The number of anilines is 2. The number of ether oxygens (including phenoxy) is 2. The second-order valence-corrected chi connectivity index (χ2v) is 16.7. The van der Waals surface area contributed by atoms with Crippen molar-refractivity contribution >= 4 is 45.9 Å². The predicted molar refractivity (Wildman–Crippen MR) is 204 cm³/mol. The van der Waals surface area contributed by atoms with Gasteiger partial charge in [-0.1, -0.05) is 0 Å². The van der Waals surface area contributed by atoms with Crippen molar-refractivity contribution in [3.63, 3.8) is 0 Å². The lowest BCUT2D eigenvalue weighted by atomic mass is 9.92. The smallest absolute Gasteiger partial charge is 0.261 e. The molecule has 15 heteroatoms. The Morgan fingerprint density at radius 3 is 2.41 bits per heavy atom. The zero-order valence-corrected chi connectivity index (χ0v) is 31.3. The normalized spacial score (nSPS) is 23.1. The number of rotatable bonds is 11. The molecule has 0 spiro atoms. The van der Waals surface area contributed by atoms with Crippen molar-refractivity contribution in [3.8, 4) is 5.75 Å². The van der Waals surface area contributed by atoms with E-state index in [0.29, 0.717) is 70.5 Å². The monoisotopic (exact) mass is 765 g/mol. The second-order valence-electron chi connectivity index (χ2n) is 15.4. The Morgan fingerprint density at radius 1 is 0.889 bits per heavy atom. The first-order valence-corrected chi connectivity index (χ1v) is 20.5. The van der Waals surface area contributed by atoms with Crippen LogP contribution in [0.1, 0.15) is 57.2 Å². The average Bonchev–Trinajstić information content (AvgIpc) is 3.15. The number of carbonyl (C=O) groups is 2. The molecule has 1 aromatic heterocycles. The molecule has 0 aliphatic carbocycles. The topological polar surface area (TPSA) is 132 Å². The highest BCUT2D eigenvalue weighted by atomic mass is 32.2. The van der Waals surface area contributed by atoms with Crippen molar-refractivity contribution in [1.82, 2.24) is 25.1 Å². The molecule has 5 saturated heterocycles. The van der Waals surface area contributed by atoms with Gasteiger partial charge in [0.05, 0.1) is 23.6 Å². The van der Waals surface area contributed by atoms with E-state index in [4.69, 9.17) is 9.47 Å². The average molecular weight is 766 g/mol.